The maximum Gasteiger partial charge on any atom is 0.416 e. The predicted octanol–water partition coefficient (Wildman–Crippen LogP) is 2.50. The quantitative estimate of drug-likeness (QED) is 0.628. The van der Waals surface area contributed by atoms with Crippen molar-refractivity contribution in [2.24, 2.45) is 0 Å². The summed E-state index contributed by atoms with van der Waals surface area (Å²) in [6, 6.07) is 2.24. The highest BCUT2D eigenvalue weighted by Gasteiger charge is 2.30. The van der Waals surface area contributed by atoms with Gasteiger partial charge in [-0.05, 0) is 18.2 Å². The summed E-state index contributed by atoms with van der Waals surface area (Å²) in [5.41, 5.74) is 1.31. The number of benzene rings is 1. The molecule has 0 aliphatic rings. The molecule has 1 rings (SSSR count). The molecule has 0 atom stereocenters. The maximum atomic E-state index is 13.0. The normalized spacial score (nSPS) is 11.8. The first-order chi connectivity index (χ1) is 6.95. The Kier molecular flexibility index (Phi) is 3.65. The van der Waals surface area contributed by atoms with Crippen molar-refractivity contribution in [2.45, 2.75) is 12.7 Å². The van der Waals surface area contributed by atoms with Gasteiger partial charge in [0, 0.05) is 12.1 Å². The van der Waals surface area contributed by atoms with Gasteiger partial charge in [0.25, 0.3) is 0 Å². The molecule has 2 nitrogen and oxygen atoms in total. The molecule has 84 valence electrons. The van der Waals surface area contributed by atoms with Crippen molar-refractivity contribution in [3.8, 4) is 0 Å². The van der Waals surface area contributed by atoms with Gasteiger partial charge in [-0.25, -0.2) is 4.39 Å². The Morgan fingerprint density at radius 1 is 1.33 bits per heavy atom. The van der Waals surface area contributed by atoms with Crippen molar-refractivity contribution in [2.75, 3.05) is 7.11 Å². The Morgan fingerprint density at radius 2 is 2.00 bits per heavy atom. The average Bonchev–Trinajstić information content (AvgIpc) is 2.15. The second kappa shape index (κ2) is 4.59. The van der Waals surface area contributed by atoms with Crippen molar-refractivity contribution in [1.82, 2.24) is 5.48 Å². The number of hydroxylamine groups is 1. The molecule has 0 radical (unpaired) electrons. The molecule has 6 heteroatoms. The maximum absolute atomic E-state index is 13.0. The second-order valence-corrected chi connectivity index (χ2v) is 2.83. The molecule has 0 aliphatic carbocycles. The minimum Gasteiger partial charge on any atom is -0.305 e. The van der Waals surface area contributed by atoms with Gasteiger partial charge in [0.05, 0.1) is 12.7 Å². The second-order valence-electron chi connectivity index (χ2n) is 2.83. The van der Waals surface area contributed by atoms with E-state index >= 15 is 0 Å². The standard InChI is InChI=1S/C9H9F4NO/c1-15-14-5-6-4-7(9(11,12)13)2-3-8(6)10/h2-4,14H,5H2,1H3. The van der Waals surface area contributed by atoms with Crippen LogP contribution < -0.4 is 5.48 Å². The van der Waals surface area contributed by atoms with E-state index in [-0.39, 0.29) is 12.1 Å². The largest absolute Gasteiger partial charge is 0.416 e. The Labute approximate surface area is 83.8 Å². The van der Waals surface area contributed by atoms with Crippen LogP contribution in [-0.2, 0) is 17.6 Å². The van der Waals surface area contributed by atoms with Crippen LogP contribution >= 0.6 is 0 Å². The van der Waals surface area contributed by atoms with E-state index in [1.165, 1.54) is 7.11 Å². The van der Waals surface area contributed by atoms with Gasteiger partial charge in [0.2, 0.25) is 0 Å². The summed E-state index contributed by atoms with van der Waals surface area (Å²) >= 11 is 0. The van der Waals surface area contributed by atoms with Crippen LogP contribution in [0.1, 0.15) is 11.1 Å². The molecule has 15 heavy (non-hydrogen) atoms. The number of hydrogen-bond acceptors (Lipinski definition) is 2. The topological polar surface area (TPSA) is 21.3 Å². The highest BCUT2D eigenvalue weighted by molar-refractivity contribution is 5.26. The van der Waals surface area contributed by atoms with E-state index in [4.69, 9.17) is 0 Å². The summed E-state index contributed by atoms with van der Waals surface area (Å²) in [5.74, 6) is -0.701. The third-order valence-electron chi connectivity index (χ3n) is 1.78. The Hall–Kier alpha value is -1.14. The van der Waals surface area contributed by atoms with Crippen molar-refractivity contribution in [3.05, 3.63) is 35.1 Å². The number of halogens is 4. The number of hydrogen-bond donors (Lipinski definition) is 1. The van der Waals surface area contributed by atoms with Gasteiger partial charge in [0.15, 0.2) is 0 Å². The van der Waals surface area contributed by atoms with E-state index < -0.39 is 17.6 Å². The molecule has 0 fully saturated rings. The number of rotatable bonds is 3. The van der Waals surface area contributed by atoms with E-state index in [1.54, 1.807) is 0 Å². The van der Waals surface area contributed by atoms with E-state index in [1.807, 2.05) is 0 Å². The lowest BCUT2D eigenvalue weighted by Gasteiger charge is -2.09. The molecule has 0 saturated carbocycles. The average molecular weight is 223 g/mol. The molecular formula is C9H9F4NO. The van der Waals surface area contributed by atoms with Crippen LogP contribution in [-0.4, -0.2) is 7.11 Å². The molecule has 0 bridgehead atoms. The molecular weight excluding hydrogens is 214 g/mol. The highest BCUT2D eigenvalue weighted by atomic mass is 19.4. The van der Waals surface area contributed by atoms with E-state index in [0.717, 1.165) is 12.1 Å². The van der Waals surface area contributed by atoms with Crippen LogP contribution in [0.4, 0.5) is 17.6 Å². The minimum atomic E-state index is -4.46. The van der Waals surface area contributed by atoms with Gasteiger partial charge < -0.3 is 4.84 Å². The number of nitrogens with one attached hydrogen (secondary N) is 1. The summed E-state index contributed by atoms with van der Waals surface area (Å²) in [4.78, 5) is 4.43. The highest BCUT2D eigenvalue weighted by Crippen LogP contribution is 2.30. The van der Waals surface area contributed by atoms with E-state index in [9.17, 15) is 17.6 Å². The number of alkyl halides is 3. The lowest BCUT2D eigenvalue weighted by molar-refractivity contribution is -0.137. The minimum absolute atomic E-state index is 0.0910. The summed E-state index contributed by atoms with van der Waals surface area (Å²) in [6.07, 6.45) is -4.46. The zero-order chi connectivity index (χ0) is 11.5. The van der Waals surface area contributed by atoms with Crippen LogP contribution in [0, 0.1) is 5.82 Å². The molecule has 0 spiro atoms. The van der Waals surface area contributed by atoms with E-state index in [2.05, 4.69) is 10.3 Å². The third kappa shape index (κ3) is 3.17. The third-order valence-corrected chi connectivity index (χ3v) is 1.78. The SMILES string of the molecule is CONCc1cc(C(F)(F)F)ccc1F. The first-order valence-electron chi connectivity index (χ1n) is 4.06. The van der Waals surface area contributed by atoms with Gasteiger partial charge in [-0.3, -0.25) is 0 Å². The van der Waals surface area contributed by atoms with Crippen LogP contribution in [0.2, 0.25) is 0 Å². The molecule has 1 aromatic rings. The molecule has 0 saturated heterocycles. The lowest BCUT2D eigenvalue weighted by Crippen LogP contribution is -2.13. The van der Waals surface area contributed by atoms with E-state index in [0.29, 0.717) is 6.07 Å². The Morgan fingerprint density at radius 3 is 2.53 bits per heavy atom. The smallest absolute Gasteiger partial charge is 0.305 e. The first kappa shape index (κ1) is 11.9. The van der Waals surface area contributed by atoms with Gasteiger partial charge in [0.1, 0.15) is 5.82 Å². The van der Waals surface area contributed by atoms with Crippen LogP contribution in [0.15, 0.2) is 18.2 Å². The summed E-state index contributed by atoms with van der Waals surface area (Å²) in [5, 5.41) is 0. The van der Waals surface area contributed by atoms with Gasteiger partial charge >= 0.3 is 6.18 Å². The molecule has 0 unspecified atom stereocenters. The first-order valence-corrected chi connectivity index (χ1v) is 4.06. The fourth-order valence-corrected chi connectivity index (χ4v) is 1.04. The van der Waals surface area contributed by atoms with Crippen molar-refractivity contribution in [3.63, 3.8) is 0 Å². The van der Waals surface area contributed by atoms with Crippen LogP contribution in [0.3, 0.4) is 0 Å². The summed E-state index contributed by atoms with van der Waals surface area (Å²) in [7, 11) is 1.30. The fraction of sp³-hybridized carbons (Fsp3) is 0.333. The summed E-state index contributed by atoms with van der Waals surface area (Å²) in [6.45, 7) is -0.119. The predicted molar refractivity (Wildman–Crippen MR) is 45.3 cm³/mol. The Balaban J connectivity index is 2.95. The zero-order valence-electron chi connectivity index (χ0n) is 7.86. The molecule has 0 heterocycles. The molecule has 0 amide bonds. The van der Waals surface area contributed by atoms with Crippen molar-refractivity contribution in [1.29, 1.82) is 0 Å². The molecule has 0 aliphatic heterocycles. The zero-order valence-corrected chi connectivity index (χ0v) is 7.86. The van der Waals surface area contributed by atoms with Gasteiger partial charge in [-0.1, -0.05) is 0 Å². The van der Waals surface area contributed by atoms with Crippen LogP contribution in [0.5, 0.6) is 0 Å². The van der Waals surface area contributed by atoms with Crippen LogP contribution in [0.25, 0.3) is 0 Å². The van der Waals surface area contributed by atoms with Gasteiger partial charge in [-0.15, -0.1) is 0 Å². The summed E-state index contributed by atoms with van der Waals surface area (Å²) < 4.78 is 49.8. The molecule has 1 aromatic carbocycles. The monoisotopic (exact) mass is 223 g/mol. The van der Waals surface area contributed by atoms with Crippen molar-refractivity contribution >= 4 is 0 Å². The fourth-order valence-electron chi connectivity index (χ4n) is 1.04. The molecule has 0 aromatic heterocycles. The molecule has 1 N–H and O–H groups in total. The van der Waals surface area contributed by atoms with Gasteiger partial charge in [-0.2, -0.15) is 18.7 Å². The van der Waals surface area contributed by atoms with Crippen molar-refractivity contribution < 1.29 is 22.4 Å². The Bertz CT molecular complexity index is 337. The lowest BCUT2D eigenvalue weighted by atomic mass is 10.1.